The smallest absolute Gasteiger partial charge is 0.311 e. The lowest BCUT2D eigenvalue weighted by atomic mass is 10.1. The molecule has 1 heterocycles. The molecule has 2 rings (SSSR count). The van der Waals surface area contributed by atoms with Gasteiger partial charge >= 0.3 is 5.97 Å². The number of aromatic amines is 1. The fourth-order valence-corrected chi connectivity index (χ4v) is 4.57. The van der Waals surface area contributed by atoms with Crippen molar-refractivity contribution < 1.29 is 9.53 Å². The minimum absolute atomic E-state index is 0.121. The van der Waals surface area contributed by atoms with Gasteiger partial charge in [0.05, 0.1) is 0 Å². The van der Waals surface area contributed by atoms with Gasteiger partial charge in [0.25, 0.3) is 0 Å². The second-order valence-electron chi connectivity index (χ2n) is 9.72. The number of hydrogen-bond acceptors (Lipinski definition) is 3. The van der Waals surface area contributed by atoms with Crippen molar-refractivity contribution in [2.24, 2.45) is 0 Å². The predicted molar refractivity (Wildman–Crippen MR) is 155 cm³/mol. The van der Waals surface area contributed by atoms with E-state index in [-0.39, 0.29) is 5.97 Å². The van der Waals surface area contributed by atoms with Crippen LogP contribution in [-0.4, -0.2) is 35.5 Å². The van der Waals surface area contributed by atoms with Crippen LogP contribution in [0.2, 0.25) is 0 Å². The lowest BCUT2D eigenvalue weighted by Gasteiger charge is -2.17. The first kappa shape index (κ1) is 29.9. The number of nitrogens with zero attached hydrogens (tertiary/aromatic N) is 1. The number of benzene rings is 1. The third-order valence-electron chi connectivity index (χ3n) is 6.90. The number of aromatic nitrogens is 1. The molecule has 1 N–H and O–H groups in total. The molecule has 0 fully saturated rings. The molecule has 4 heteroatoms. The normalized spacial score (nSPS) is 12.0. The van der Waals surface area contributed by atoms with E-state index < -0.39 is 0 Å². The summed E-state index contributed by atoms with van der Waals surface area (Å²) in [6, 6.07) is 5.92. The van der Waals surface area contributed by atoms with Gasteiger partial charge in [-0.2, -0.15) is 0 Å². The first-order chi connectivity index (χ1) is 17.7. The molecule has 0 spiro atoms. The number of unbranched alkanes of at least 4 members (excludes halogenated alkanes) is 8. The number of carbonyl (C=O) groups excluding carboxylic acids is 1. The first-order valence-corrected chi connectivity index (χ1v) is 14.5. The Kier molecular flexibility index (Phi) is 15.7. The summed E-state index contributed by atoms with van der Waals surface area (Å²) >= 11 is 0. The zero-order chi connectivity index (χ0) is 25.8. The molecule has 200 valence electrons. The molecular weight excluding hydrogens is 444 g/mol. The van der Waals surface area contributed by atoms with Crippen LogP contribution >= 0.6 is 0 Å². The van der Waals surface area contributed by atoms with Crippen LogP contribution in [0.3, 0.4) is 0 Å². The van der Waals surface area contributed by atoms with Crippen LogP contribution in [0, 0.1) is 0 Å². The highest BCUT2D eigenvalue weighted by Gasteiger charge is 2.13. The molecule has 0 aliphatic heterocycles. The quantitative estimate of drug-likeness (QED) is 0.0866. The summed E-state index contributed by atoms with van der Waals surface area (Å²) in [6.45, 7) is 9.74. The number of esters is 1. The van der Waals surface area contributed by atoms with Gasteiger partial charge in [-0.25, -0.2) is 0 Å². The van der Waals surface area contributed by atoms with Crippen LogP contribution in [0.15, 0.2) is 48.7 Å². The van der Waals surface area contributed by atoms with Gasteiger partial charge in [-0.1, -0.05) is 83.2 Å². The highest BCUT2D eigenvalue weighted by atomic mass is 16.5. The van der Waals surface area contributed by atoms with Crippen molar-refractivity contribution in [2.75, 3.05) is 19.6 Å². The molecule has 0 bridgehead atoms. The SMILES string of the molecule is CCCCC/C=C\C/C=C\CCCCCCCC(=O)Oc1cccc2[nH]cc(CCN(CC)CC)c12. The molecule has 36 heavy (non-hydrogen) atoms. The lowest BCUT2D eigenvalue weighted by Crippen LogP contribution is -2.25. The lowest BCUT2D eigenvalue weighted by molar-refractivity contribution is -0.134. The minimum atomic E-state index is -0.121. The topological polar surface area (TPSA) is 45.3 Å². The van der Waals surface area contributed by atoms with Crippen molar-refractivity contribution in [1.82, 2.24) is 9.88 Å². The van der Waals surface area contributed by atoms with E-state index in [0.29, 0.717) is 12.2 Å². The Morgan fingerprint density at radius 2 is 1.58 bits per heavy atom. The van der Waals surface area contributed by atoms with Gasteiger partial charge in [-0.3, -0.25) is 4.79 Å². The molecule has 2 aromatic rings. The van der Waals surface area contributed by atoms with Crippen molar-refractivity contribution in [3.63, 3.8) is 0 Å². The molecule has 0 saturated carbocycles. The summed E-state index contributed by atoms with van der Waals surface area (Å²) in [5.41, 5.74) is 2.25. The van der Waals surface area contributed by atoms with Gasteiger partial charge in [0, 0.05) is 30.1 Å². The maximum atomic E-state index is 12.5. The average Bonchev–Trinajstić information content (AvgIpc) is 3.31. The van der Waals surface area contributed by atoms with Gasteiger partial charge in [0.1, 0.15) is 5.75 Å². The number of nitrogens with one attached hydrogen (secondary N) is 1. The summed E-state index contributed by atoms with van der Waals surface area (Å²) in [5.74, 6) is 0.569. The number of carbonyl (C=O) groups is 1. The highest BCUT2D eigenvalue weighted by Crippen LogP contribution is 2.29. The number of ether oxygens (including phenoxy) is 1. The molecule has 1 aromatic carbocycles. The minimum Gasteiger partial charge on any atom is -0.426 e. The molecule has 0 radical (unpaired) electrons. The molecular formula is C32H50N2O2. The van der Waals surface area contributed by atoms with Crippen LogP contribution < -0.4 is 4.74 Å². The monoisotopic (exact) mass is 494 g/mol. The summed E-state index contributed by atoms with van der Waals surface area (Å²) < 4.78 is 5.82. The zero-order valence-electron chi connectivity index (χ0n) is 23.2. The van der Waals surface area contributed by atoms with Crippen molar-refractivity contribution >= 4 is 16.9 Å². The summed E-state index contributed by atoms with van der Waals surface area (Å²) in [7, 11) is 0. The van der Waals surface area contributed by atoms with Crippen molar-refractivity contribution in [2.45, 2.75) is 104 Å². The van der Waals surface area contributed by atoms with Crippen LogP contribution in [-0.2, 0) is 11.2 Å². The molecule has 0 atom stereocenters. The number of H-pyrrole nitrogens is 1. The Balaban J connectivity index is 1.62. The highest BCUT2D eigenvalue weighted by molar-refractivity contribution is 5.91. The number of hydrogen-bond donors (Lipinski definition) is 1. The Labute approximate surface area is 220 Å². The van der Waals surface area contributed by atoms with Gasteiger partial charge < -0.3 is 14.6 Å². The van der Waals surface area contributed by atoms with Crippen molar-refractivity contribution in [3.8, 4) is 5.75 Å². The first-order valence-electron chi connectivity index (χ1n) is 14.5. The van der Waals surface area contributed by atoms with E-state index in [0.717, 1.165) is 62.6 Å². The van der Waals surface area contributed by atoms with E-state index in [1.54, 1.807) is 0 Å². The van der Waals surface area contributed by atoms with Gasteiger partial charge in [0.2, 0.25) is 0 Å². The second-order valence-corrected chi connectivity index (χ2v) is 9.72. The molecule has 0 saturated heterocycles. The maximum absolute atomic E-state index is 12.5. The fraction of sp³-hybridized carbons (Fsp3) is 0.594. The molecule has 0 aliphatic rings. The van der Waals surface area contributed by atoms with Gasteiger partial charge in [-0.15, -0.1) is 0 Å². The van der Waals surface area contributed by atoms with Gasteiger partial charge in [-0.05, 0) is 75.7 Å². The second kappa shape index (κ2) is 18.9. The Bertz CT molecular complexity index is 908. The molecule has 0 amide bonds. The predicted octanol–water partition coefficient (Wildman–Crippen LogP) is 8.77. The van der Waals surface area contributed by atoms with Crippen molar-refractivity contribution in [3.05, 3.63) is 54.3 Å². The molecule has 0 aliphatic carbocycles. The van der Waals surface area contributed by atoms with Crippen molar-refractivity contribution in [1.29, 1.82) is 0 Å². The van der Waals surface area contributed by atoms with Crippen LogP contribution in [0.1, 0.15) is 103 Å². The largest absolute Gasteiger partial charge is 0.426 e. The average molecular weight is 495 g/mol. The summed E-state index contributed by atoms with van der Waals surface area (Å²) in [4.78, 5) is 18.3. The Morgan fingerprint density at radius 3 is 2.31 bits per heavy atom. The van der Waals surface area contributed by atoms with Crippen LogP contribution in [0.4, 0.5) is 0 Å². The zero-order valence-corrected chi connectivity index (χ0v) is 23.2. The van der Waals surface area contributed by atoms with Crippen LogP contribution in [0.5, 0.6) is 5.75 Å². The van der Waals surface area contributed by atoms with E-state index in [1.165, 1.54) is 50.5 Å². The maximum Gasteiger partial charge on any atom is 0.311 e. The molecule has 1 aromatic heterocycles. The molecule has 4 nitrogen and oxygen atoms in total. The number of allylic oxidation sites excluding steroid dienone is 4. The fourth-order valence-electron chi connectivity index (χ4n) is 4.57. The third-order valence-corrected chi connectivity index (χ3v) is 6.90. The Morgan fingerprint density at radius 1 is 0.889 bits per heavy atom. The number of fused-ring (bicyclic) bond motifs is 1. The summed E-state index contributed by atoms with van der Waals surface area (Å²) in [5, 5.41) is 1.05. The summed E-state index contributed by atoms with van der Waals surface area (Å²) in [6.07, 6.45) is 25.7. The van der Waals surface area contributed by atoms with E-state index in [1.807, 2.05) is 18.2 Å². The standard InChI is InChI=1S/C32H50N2O2/c1-4-7-8-9-10-11-12-13-14-15-16-17-18-19-20-24-31(35)36-30-23-21-22-29-32(30)28(27-33-29)25-26-34(5-2)6-3/h10-11,13-14,21-23,27,33H,4-9,12,15-20,24-26H2,1-3H3/b11-10-,14-13-. The van der Waals surface area contributed by atoms with E-state index in [4.69, 9.17) is 4.74 Å². The van der Waals surface area contributed by atoms with E-state index in [9.17, 15) is 4.79 Å². The van der Waals surface area contributed by atoms with Gasteiger partial charge in [0.15, 0.2) is 0 Å². The van der Waals surface area contributed by atoms with E-state index >= 15 is 0 Å². The Hall–Kier alpha value is -2.33. The number of likely N-dealkylation sites (N-methyl/N-ethyl adjacent to an activating group) is 1. The third kappa shape index (κ3) is 11.6. The number of rotatable bonds is 20. The van der Waals surface area contributed by atoms with Crippen LogP contribution in [0.25, 0.3) is 10.9 Å². The molecule has 0 unspecified atom stereocenters. The van der Waals surface area contributed by atoms with E-state index in [2.05, 4.69) is 61.2 Å².